The van der Waals surface area contributed by atoms with Gasteiger partial charge in [-0.05, 0) is 69.1 Å². The Balaban J connectivity index is 1.02. The number of hydrogen-bond donors (Lipinski definition) is 1. The average Bonchev–Trinajstić information content (AvgIpc) is 3.43. The van der Waals surface area contributed by atoms with E-state index in [0.717, 1.165) is 62.9 Å². The van der Waals surface area contributed by atoms with Crippen molar-refractivity contribution in [3.05, 3.63) is 79.1 Å². The summed E-state index contributed by atoms with van der Waals surface area (Å²) >= 11 is 0. The van der Waals surface area contributed by atoms with Crippen LogP contribution >= 0.6 is 0 Å². The number of rotatable bonds is 9. The maximum absolute atomic E-state index is 13.0. The first-order valence-electron chi connectivity index (χ1n) is 12.4. The molecule has 2 heterocycles. The van der Waals surface area contributed by atoms with Gasteiger partial charge in [0.25, 0.3) is 11.8 Å². The number of amides is 3. The summed E-state index contributed by atoms with van der Waals surface area (Å²) < 4.78 is 0. The summed E-state index contributed by atoms with van der Waals surface area (Å²) in [5, 5.41) is 4.69. The molecule has 2 aromatic rings. The topological polar surface area (TPSA) is 73.0 Å². The Morgan fingerprint density at radius 1 is 0.771 bits per heavy atom. The Hall–Kier alpha value is -2.77. The quantitative estimate of drug-likeness (QED) is 0.449. The van der Waals surface area contributed by atoms with Crippen LogP contribution in [0.4, 0.5) is 0 Å². The zero-order chi connectivity index (χ0) is 24.2. The van der Waals surface area contributed by atoms with Gasteiger partial charge < -0.3 is 15.1 Å². The van der Waals surface area contributed by atoms with Crippen molar-refractivity contribution in [1.29, 1.82) is 0 Å². The van der Waals surface area contributed by atoms with Crippen molar-refractivity contribution in [2.45, 2.75) is 12.8 Å². The molecule has 0 bridgehead atoms. The van der Waals surface area contributed by atoms with Crippen LogP contribution in [0.1, 0.15) is 33.6 Å². The zero-order valence-electron chi connectivity index (χ0n) is 19.9. The van der Waals surface area contributed by atoms with Crippen LogP contribution in [0.15, 0.2) is 36.4 Å². The number of benzene rings is 2. The van der Waals surface area contributed by atoms with E-state index in [1.165, 1.54) is 4.90 Å². The lowest BCUT2D eigenvalue weighted by molar-refractivity contribution is -0.118. The van der Waals surface area contributed by atoms with Crippen LogP contribution in [0, 0.1) is 31.6 Å². The van der Waals surface area contributed by atoms with E-state index in [2.05, 4.69) is 15.1 Å². The molecule has 7 heteroatoms. The van der Waals surface area contributed by atoms with Gasteiger partial charge in [0.2, 0.25) is 5.91 Å². The normalized spacial score (nSPS) is 19.6. The van der Waals surface area contributed by atoms with Gasteiger partial charge in [0.1, 0.15) is 0 Å². The largest absolute Gasteiger partial charge is 0.356 e. The first kappa shape index (κ1) is 23.9. The third kappa shape index (κ3) is 5.26. The second-order valence-corrected chi connectivity index (χ2v) is 9.29. The second-order valence-electron chi connectivity index (χ2n) is 9.29. The molecule has 7 nitrogen and oxygen atoms in total. The molecule has 2 aliphatic heterocycles. The van der Waals surface area contributed by atoms with Gasteiger partial charge in [-0.15, -0.1) is 0 Å². The molecular weight excluding hydrogens is 440 g/mol. The summed E-state index contributed by atoms with van der Waals surface area (Å²) in [5.41, 5.74) is 1.24. The lowest BCUT2D eigenvalue weighted by Crippen LogP contribution is -2.48. The van der Waals surface area contributed by atoms with E-state index in [1.54, 1.807) is 0 Å². The Bertz CT molecular complexity index is 1040. The summed E-state index contributed by atoms with van der Waals surface area (Å²) in [6.07, 6.45) is 9.09. The minimum atomic E-state index is -0.186. The Labute approximate surface area is 207 Å². The van der Waals surface area contributed by atoms with Crippen LogP contribution in [0.5, 0.6) is 0 Å². The van der Waals surface area contributed by atoms with Crippen LogP contribution in [0.2, 0.25) is 0 Å². The van der Waals surface area contributed by atoms with Gasteiger partial charge >= 0.3 is 0 Å². The Morgan fingerprint density at radius 2 is 1.34 bits per heavy atom. The number of carbonyl (C=O) groups excluding carboxylic acids is 3. The van der Waals surface area contributed by atoms with E-state index >= 15 is 0 Å². The fourth-order valence-corrected chi connectivity index (χ4v) is 5.10. The predicted octanol–water partition coefficient (Wildman–Crippen LogP) is 2.36. The van der Waals surface area contributed by atoms with Crippen molar-refractivity contribution in [1.82, 2.24) is 20.0 Å². The number of carbonyl (C=O) groups is 3. The first-order valence-corrected chi connectivity index (χ1v) is 12.4. The lowest BCUT2D eigenvalue weighted by atomic mass is 9.94. The minimum absolute atomic E-state index is 0.00865. The van der Waals surface area contributed by atoms with E-state index in [-0.39, 0.29) is 17.7 Å². The van der Waals surface area contributed by atoms with Gasteiger partial charge in [-0.2, -0.15) is 0 Å². The van der Waals surface area contributed by atoms with Crippen LogP contribution < -0.4 is 5.32 Å². The molecule has 0 unspecified atom stereocenters. The SMILES string of the molecule is O=C(NCCCN1CCN(CCCN2C(=O)c3cccc4cccc(c34)C2=O)CC1)[C]1[CH][CH][CH][CH]1. The molecular formula is C28H31N4O3. The van der Waals surface area contributed by atoms with Gasteiger partial charge in [0.15, 0.2) is 0 Å². The molecule has 3 amide bonds. The van der Waals surface area contributed by atoms with Gasteiger partial charge in [-0.3, -0.25) is 19.3 Å². The molecule has 0 spiro atoms. The summed E-state index contributed by atoms with van der Waals surface area (Å²) in [6.45, 7) is 6.89. The minimum Gasteiger partial charge on any atom is -0.356 e. The summed E-state index contributed by atoms with van der Waals surface area (Å²) in [6, 6.07) is 11.3. The van der Waals surface area contributed by atoms with Crippen LogP contribution in [0.3, 0.4) is 0 Å². The van der Waals surface area contributed by atoms with E-state index < -0.39 is 0 Å². The highest BCUT2D eigenvalue weighted by atomic mass is 16.2. The monoisotopic (exact) mass is 471 g/mol. The number of piperazine rings is 1. The third-order valence-corrected chi connectivity index (χ3v) is 7.04. The number of nitrogens with one attached hydrogen (secondary N) is 1. The standard InChI is InChI=1S/C28H31N4O3/c33-26(22-7-1-2-8-22)29-13-5-14-30-17-19-31(20-18-30)15-6-16-32-27(34)23-11-3-9-21-10-4-12-24(25(21)23)28(32)35/h1-4,7-12H,5-6,13-20H2,(H,29,33). The molecule has 5 rings (SSSR count). The summed E-state index contributed by atoms with van der Waals surface area (Å²) in [5.74, 6) is 0.336. The maximum Gasteiger partial charge on any atom is 0.261 e. The molecule has 1 N–H and O–H groups in total. The van der Waals surface area contributed by atoms with E-state index in [1.807, 2.05) is 62.1 Å². The first-order chi connectivity index (χ1) is 17.1. The molecule has 2 aromatic carbocycles. The maximum atomic E-state index is 13.0. The highest BCUT2D eigenvalue weighted by Crippen LogP contribution is 2.30. The number of nitrogens with zero attached hydrogens (tertiary/aromatic N) is 3. The van der Waals surface area contributed by atoms with Crippen molar-refractivity contribution in [3.63, 3.8) is 0 Å². The molecule has 1 saturated carbocycles. The molecule has 2 fully saturated rings. The molecule has 0 aromatic heterocycles. The zero-order valence-corrected chi connectivity index (χ0v) is 19.9. The molecule has 181 valence electrons. The summed E-state index contributed by atoms with van der Waals surface area (Å²) in [7, 11) is 0. The van der Waals surface area contributed by atoms with Crippen molar-refractivity contribution < 1.29 is 14.4 Å². The van der Waals surface area contributed by atoms with Crippen LogP contribution in [-0.4, -0.2) is 84.8 Å². The van der Waals surface area contributed by atoms with Gasteiger partial charge in [0.05, 0.1) is 5.92 Å². The van der Waals surface area contributed by atoms with Gasteiger partial charge in [0, 0.05) is 55.8 Å². The van der Waals surface area contributed by atoms with Crippen LogP contribution in [0.25, 0.3) is 10.8 Å². The fourth-order valence-electron chi connectivity index (χ4n) is 5.10. The number of imide groups is 1. The van der Waals surface area contributed by atoms with Crippen LogP contribution in [-0.2, 0) is 4.79 Å². The average molecular weight is 472 g/mol. The highest BCUT2D eigenvalue weighted by Gasteiger charge is 2.32. The Kier molecular flexibility index (Phi) is 7.44. The Morgan fingerprint density at radius 3 is 1.94 bits per heavy atom. The van der Waals surface area contributed by atoms with Crippen molar-refractivity contribution in [2.75, 3.05) is 52.4 Å². The predicted molar refractivity (Wildman–Crippen MR) is 135 cm³/mol. The van der Waals surface area contributed by atoms with Crippen molar-refractivity contribution in [2.24, 2.45) is 0 Å². The van der Waals surface area contributed by atoms with Crippen molar-refractivity contribution in [3.8, 4) is 0 Å². The second kappa shape index (κ2) is 10.9. The molecule has 5 radical (unpaired) electrons. The van der Waals surface area contributed by atoms with Crippen molar-refractivity contribution >= 4 is 28.5 Å². The third-order valence-electron chi connectivity index (χ3n) is 7.04. The lowest BCUT2D eigenvalue weighted by Gasteiger charge is -2.35. The number of hydrogen-bond acceptors (Lipinski definition) is 5. The van der Waals surface area contributed by atoms with Gasteiger partial charge in [-0.25, -0.2) is 0 Å². The summed E-state index contributed by atoms with van der Waals surface area (Å²) in [4.78, 5) is 44.3. The van der Waals surface area contributed by atoms with E-state index in [0.29, 0.717) is 30.1 Å². The highest BCUT2D eigenvalue weighted by molar-refractivity contribution is 6.25. The van der Waals surface area contributed by atoms with Gasteiger partial charge in [-0.1, -0.05) is 24.3 Å². The smallest absolute Gasteiger partial charge is 0.261 e. The molecule has 1 aliphatic carbocycles. The molecule has 35 heavy (non-hydrogen) atoms. The van der Waals surface area contributed by atoms with E-state index in [4.69, 9.17) is 0 Å². The molecule has 3 aliphatic rings. The fraction of sp³-hybridized carbons (Fsp3) is 0.357. The molecule has 1 saturated heterocycles. The molecule has 0 atom stereocenters. The van der Waals surface area contributed by atoms with E-state index in [9.17, 15) is 14.4 Å².